The van der Waals surface area contributed by atoms with Crippen LogP contribution in [0.4, 0.5) is 0 Å². The van der Waals surface area contributed by atoms with Crippen LogP contribution >= 0.6 is 11.3 Å². The first-order valence-electron chi connectivity index (χ1n) is 12.4. The van der Waals surface area contributed by atoms with E-state index >= 15 is 0 Å². The van der Waals surface area contributed by atoms with E-state index in [2.05, 4.69) is 44.8 Å². The summed E-state index contributed by atoms with van der Waals surface area (Å²) in [6, 6.07) is 13.7. The number of carbonyl (C=O) groups excluding carboxylic acids is 3. The van der Waals surface area contributed by atoms with Gasteiger partial charge in [0.05, 0.1) is 11.4 Å². The quantitative estimate of drug-likeness (QED) is 0.520. The first-order chi connectivity index (χ1) is 17.5. The van der Waals surface area contributed by atoms with Gasteiger partial charge in [0.2, 0.25) is 11.8 Å². The second kappa shape index (κ2) is 9.65. The highest BCUT2D eigenvalue weighted by atomic mass is 32.1. The van der Waals surface area contributed by atoms with Crippen molar-refractivity contribution in [1.29, 1.82) is 0 Å². The van der Waals surface area contributed by atoms with Crippen LogP contribution in [0.5, 0.6) is 0 Å². The Morgan fingerprint density at radius 3 is 2.53 bits per heavy atom. The molecule has 6 rings (SSSR count). The zero-order valence-corrected chi connectivity index (χ0v) is 20.8. The minimum Gasteiger partial charge on any atom is -0.459 e. The van der Waals surface area contributed by atoms with Crippen LogP contribution in [0.25, 0.3) is 10.6 Å². The molecular weight excluding hydrogens is 476 g/mol. The van der Waals surface area contributed by atoms with Crippen LogP contribution in [-0.4, -0.2) is 64.6 Å². The van der Waals surface area contributed by atoms with E-state index in [1.54, 1.807) is 16.2 Å². The largest absolute Gasteiger partial charge is 0.459 e. The number of nitrogens with one attached hydrogen (secondary N) is 1. The van der Waals surface area contributed by atoms with E-state index in [4.69, 9.17) is 4.42 Å². The standard InChI is InChI=1S/C27H28N4O4S/c32-25-8-6-22(26(33)28-25)31-16-19-14-18(3-5-21(19)27(31)34)15-29-9-11-30(12-10-29)17-20-4-7-23(35-20)24-2-1-13-36-24/h1-5,7,13-14,22H,6,8-12,15-17H2,(H,28,32,33). The number of piperidine rings is 1. The van der Waals surface area contributed by atoms with Crippen molar-refractivity contribution in [2.45, 2.75) is 38.5 Å². The highest BCUT2D eigenvalue weighted by molar-refractivity contribution is 7.13. The normalized spacial score (nSPS) is 21.2. The molecular formula is C27H28N4O4S. The number of thiophene rings is 1. The third-order valence-electron chi connectivity index (χ3n) is 7.26. The molecule has 3 aliphatic rings. The fraction of sp³-hybridized carbons (Fsp3) is 0.370. The second-order valence-corrected chi connectivity index (χ2v) is 10.6. The fourth-order valence-electron chi connectivity index (χ4n) is 5.32. The van der Waals surface area contributed by atoms with Crippen molar-refractivity contribution in [2.75, 3.05) is 26.2 Å². The van der Waals surface area contributed by atoms with Gasteiger partial charge < -0.3 is 9.32 Å². The third kappa shape index (κ3) is 4.61. The number of amides is 3. The van der Waals surface area contributed by atoms with E-state index in [1.807, 2.05) is 18.2 Å². The zero-order chi connectivity index (χ0) is 24.6. The number of benzene rings is 1. The Balaban J connectivity index is 1.03. The van der Waals surface area contributed by atoms with E-state index in [9.17, 15) is 14.4 Å². The van der Waals surface area contributed by atoms with Gasteiger partial charge in [-0.25, -0.2) is 0 Å². The number of fused-ring (bicyclic) bond motifs is 1. The van der Waals surface area contributed by atoms with Gasteiger partial charge in [-0.3, -0.25) is 29.5 Å². The summed E-state index contributed by atoms with van der Waals surface area (Å²) in [4.78, 5) is 44.3. The van der Waals surface area contributed by atoms with Gasteiger partial charge >= 0.3 is 0 Å². The van der Waals surface area contributed by atoms with Gasteiger partial charge in [0.25, 0.3) is 5.91 Å². The van der Waals surface area contributed by atoms with E-state index < -0.39 is 6.04 Å². The van der Waals surface area contributed by atoms with Crippen molar-refractivity contribution < 1.29 is 18.8 Å². The smallest absolute Gasteiger partial charge is 0.255 e. The lowest BCUT2D eigenvalue weighted by Gasteiger charge is -2.34. The SMILES string of the molecule is O=C1CCC(N2Cc3cc(CN4CCN(Cc5ccc(-c6cccs6)o5)CC4)ccc3C2=O)C(=O)N1. The molecule has 0 aliphatic carbocycles. The molecule has 1 unspecified atom stereocenters. The number of furan rings is 1. The molecule has 3 aromatic rings. The van der Waals surface area contributed by atoms with Crippen molar-refractivity contribution in [3.05, 3.63) is 70.3 Å². The summed E-state index contributed by atoms with van der Waals surface area (Å²) >= 11 is 1.69. The molecule has 0 bridgehead atoms. The molecule has 5 heterocycles. The molecule has 3 amide bonds. The van der Waals surface area contributed by atoms with Crippen molar-refractivity contribution >= 4 is 29.1 Å². The molecule has 0 saturated carbocycles. The zero-order valence-electron chi connectivity index (χ0n) is 19.9. The molecule has 1 aromatic carbocycles. The highest BCUT2D eigenvalue weighted by Crippen LogP contribution is 2.29. The summed E-state index contributed by atoms with van der Waals surface area (Å²) in [5, 5.41) is 4.42. The van der Waals surface area contributed by atoms with E-state index in [0.29, 0.717) is 18.5 Å². The van der Waals surface area contributed by atoms with Crippen LogP contribution in [0.1, 0.15) is 40.1 Å². The Morgan fingerprint density at radius 2 is 1.78 bits per heavy atom. The summed E-state index contributed by atoms with van der Waals surface area (Å²) in [7, 11) is 0. The average molecular weight is 505 g/mol. The summed E-state index contributed by atoms with van der Waals surface area (Å²) in [5.74, 6) is 1.17. The van der Waals surface area contributed by atoms with Gasteiger partial charge in [0.15, 0.2) is 0 Å². The molecule has 2 aromatic heterocycles. The maximum Gasteiger partial charge on any atom is 0.255 e. The minimum absolute atomic E-state index is 0.125. The topological polar surface area (TPSA) is 86.1 Å². The first-order valence-corrected chi connectivity index (χ1v) is 13.3. The number of hydrogen-bond acceptors (Lipinski definition) is 7. The number of imide groups is 1. The van der Waals surface area contributed by atoms with Crippen molar-refractivity contribution in [2.24, 2.45) is 0 Å². The van der Waals surface area contributed by atoms with E-state index in [0.717, 1.165) is 61.2 Å². The molecule has 3 aliphatic heterocycles. The number of piperazine rings is 1. The number of nitrogens with zero attached hydrogens (tertiary/aromatic N) is 3. The molecule has 186 valence electrons. The molecule has 36 heavy (non-hydrogen) atoms. The number of rotatable bonds is 6. The van der Waals surface area contributed by atoms with E-state index in [1.165, 1.54) is 5.56 Å². The van der Waals surface area contributed by atoms with Crippen LogP contribution < -0.4 is 5.32 Å². The van der Waals surface area contributed by atoms with Gasteiger partial charge in [-0.1, -0.05) is 18.2 Å². The Kier molecular flexibility index (Phi) is 6.20. The van der Waals surface area contributed by atoms with Gasteiger partial charge in [-0.2, -0.15) is 0 Å². The van der Waals surface area contributed by atoms with Gasteiger partial charge in [-0.15, -0.1) is 11.3 Å². The van der Waals surface area contributed by atoms with Gasteiger partial charge in [-0.05, 0) is 47.2 Å². The Morgan fingerprint density at radius 1 is 0.972 bits per heavy atom. The average Bonchev–Trinajstić information content (AvgIpc) is 3.62. The maximum absolute atomic E-state index is 12.9. The summed E-state index contributed by atoms with van der Waals surface area (Å²) in [6.45, 7) is 5.95. The van der Waals surface area contributed by atoms with Crippen molar-refractivity contribution in [3.63, 3.8) is 0 Å². The summed E-state index contributed by atoms with van der Waals surface area (Å²) in [6.07, 6.45) is 0.651. The number of carbonyl (C=O) groups is 3. The molecule has 0 radical (unpaired) electrons. The second-order valence-electron chi connectivity index (χ2n) is 9.69. The predicted molar refractivity (Wildman–Crippen MR) is 135 cm³/mol. The Bertz CT molecular complexity index is 1290. The van der Waals surface area contributed by atoms with Crippen molar-refractivity contribution in [3.8, 4) is 10.6 Å². The summed E-state index contributed by atoms with van der Waals surface area (Å²) < 4.78 is 6.05. The Labute approximate surface area is 213 Å². The lowest BCUT2D eigenvalue weighted by atomic mass is 10.0. The molecule has 2 saturated heterocycles. The lowest BCUT2D eigenvalue weighted by molar-refractivity contribution is -0.136. The van der Waals surface area contributed by atoms with Gasteiger partial charge in [0, 0.05) is 51.3 Å². The van der Waals surface area contributed by atoms with Crippen LogP contribution in [-0.2, 0) is 29.2 Å². The molecule has 2 fully saturated rings. The molecule has 9 heteroatoms. The monoisotopic (exact) mass is 504 g/mol. The third-order valence-corrected chi connectivity index (χ3v) is 8.15. The molecule has 0 spiro atoms. The molecule has 1 N–H and O–H groups in total. The van der Waals surface area contributed by atoms with Crippen LogP contribution in [0.15, 0.2) is 52.3 Å². The maximum atomic E-state index is 12.9. The predicted octanol–water partition coefficient (Wildman–Crippen LogP) is 3.09. The van der Waals surface area contributed by atoms with Gasteiger partial charge in [0.1, 0.15) is 17.6 Å². The van der Waals surface area contributed by atoms with Crippen LogP contribution in [0.3, 0.4) is 0 Å². The van der Waals surface area contributed by atoms with Crippen LogP contribution in [0, 0.1) is 0 Å². The van der Waals surface area contributed by atoms with E-state index in [-0.39, 0.29) is 24.1 Å². The number of hydrogen-bond donors (Lipinski definition) is 1. The Hall–Kier alpha value is -3.27. The summed E-state index contributed by atoms with van der Waals surface area (Å²) in [5.41, 5.74) is 2.79. The molecule has 1 atom stereocenters. The highest BCUT2D eigenvalue weighted by Gasteiger charge is 2.39. The fourth-order valence-corrected chi connectivity index (χ4v) is 6.01. The van der Waals surface area contributed by atoms with Crippen molar-refractivity contribution in [1.82, 2.24) is 20.0 Å². The first kappa shape index (κ1) is 23.1. The van der Waals surface area contributed by atoms with Crippen LogP contribution in [0.2, 0.25) is 0 Å². The minimum atomic E-state index is -0.574. The molecule has 8 nitrogen and oxygen atoms in total. The lowest BCUT2D eigenvalue weighted by Crippen LogP contribution is -2.52.